The first-order valence-corrected chi connectivity index (χ1v) is 24.6. The lowest BCUT2D eigenvalue weighted by Gasteiger charge is -2.33. The summed E-state index contributed by atoms with van der Waals surface area (Å²) < 4.78 is 51.3. The molecule has 2 saturated heterocycles. The van der Waals surface area contributed by atoms with E-state index in [9.17, 15) is 27.6 Å². The summed E-state index contributed by atoms with van der Waals surface area (Å²) in [4.78, 5) is 65.5. The number of hydrogen-bond donors (Lipinski definition) is 3. The summed E-state index contributed by atoms with van der Waals surface area (Å²) in [6.07, 6.45) is 5.44. The summed E-state index contributed by atoms with van der Waals surface area (Å²) in [6.45, 7) is 21.1. The summed E-state index contributed by atoms with van der Waals surface area (Å²) in [6, 6.07) is 5.31. The molecule has 2 saturated carbocycles. The molecule has 0 unspecified atom stereocenters. The number of carbonyl (C=O) groups excluding carboxylic acids is 4. The molecule has 1 aromatic heterocycles. The number of carbonyl (C=O) groups is 4. The number of rotatable bonds is 8. The average molecular weight is 919 g/mol. The van der Waals surface area contributed by atoms with E-state index in [0.717, 1.165) is 11.8 Å². The number of nitrogens with zero attached hydrogens (tertiary/aromatic N) is 3. The number of nitrogens with one attached hydrogen (secondary N) is 3. The van der Waals surface area contributed by atoms with Gasteiger partial charge in [0.15, 0.2) is 0 Å². The van der Waals surface area contributed by atoms with Gasteiger partial charge in [-0.05, 0) is 108 Å². The zero-order chi connectivity index (χ0) is 47.2. The highest BCUT2D eigenvalue weighted by Gasteiger charge is 2.63. The van der Waals surface area contributed by atoms with E-state index < -0.39 is 73.8 Å². The maximum Gasteiger partial charge on any atom is 0.408 e. The van der Waals surface area contributed by atoms with Crippen LogP contribution in [0.25, 0.3) is 10.8 Å². The Morgan fingerprint density at radius 3 is 2.36 bits per heavy atom. The Labute approximate surface area is 384 Å². The van der Waals surface area contributed by atoms with E-state index in [4.69, 9.17) is 23.9 Å². The Morgan fingerprint density at radius 2 is 1.72 bits per heavy atom. The van der Waals surface area contributed by atoms with Crippen LogP contribution in [0.15, 0.2) is 36.4 Å². The van der Waals surface area contributed by atoms with Gasteiger partial charge in [0, 0.05) is 35.1 Å². The number of anilines is 1. The molecule has 2 aromatic rings. The zero-order valence-corrected chi connectivity index (χ0v) is 40.6. The van der Waals surface area contributed by atoms with Crippen molar-refractivity contribution in [1.82, 2.24) is 25.2 Å². The maximum atomic E-state index is 15.0. The average Bonchev–Trinajstić information content (AvgIpc) is 4.15. The number of morpholine rings is 1. The highest BCUT2D eigenvalue weighted by atomic mass is 32.2. The molecule has 3 N–H and O–H groups in total. The SMILES string of the molecule is CC.CC.COc1ccc2c(O[C@@H]3C[C@H]4C(=O)N[C@]5(C(=O)NS(=O)(=O)C6(C)CC6)C[C@H]5/C=C\CC[C@H](C)C[C@@H](C)[C@H](NC(=O)OC(C)(C)C)C(=O)N4C3)nc(N3CCOCC3)cc2c1.[HH].[HH].[HH]. The van der Waals surface area contributed by atoms with Gasteiger partial charge in [-0.3, -0.25) is 19.1 Å². The number of aromatic nitrogens is 1. The number of sulfonamides is 1. The van der Waals surface area contributed by atoms with Crippen LogP contribution in [-0.4, -0.2) is 116 Å². The third-order valence-electron chi connectivity index (χ3n) is 12.5. The van der Waals surface area contributed by atoms with Gasteiger partial charge in [-0.25, -0.2) is 13.2 Å². The normalized spacial score (nSPS) is 28.4. The second kappa shape index (κ2) is 20.7. The smallest absolute Gasteiger partial charge is 0.408 e. The van der Waals surface area contributed by atoms with Gasteiger partial charge in [0.2, 0.25) is 27.7 Å². The zero-order valence-electron chi connectivity index (χ0n) is 39.7. The number of hydrogen-bond acceptors (Lipinski definition) is 12. The van der Waals surface area contributed by atoms with Gasteiger partial charge in [-0.15, -0.1) is 0 Å². The fourth-order valence-electron chi connectivity index (χ4n) is 8.55. The van der Waals surface area contributed by atoms with Crippen LogP contribution in [0.1, 0.15) is 118 Å². The van der Waals surface area contributed by atoms with E-state index in [0.29, 0.717) is 74.8 Å². The van der Waals surface area contributed by atoms with Gasteiger partial charge in [-0.1, -0.05) is 53.7 Å². The van der Waals surface area contributed by atoms with Gasteiger partial charge in [0.05, 0.1) is 31.6 Å². The highest BCUT2D eigenvalue weighted by molar-refractivity contribution is 7.91. The Kier molecular flexibility index (Phi) is 16.3. The van der Waals surface area contributed by atoms with Gasteiger partial charge in [0.1, 0.15) is 40.9 Å². The first kappa shape index (κ1) is 50.4. The molecule has 17 heteroatoms. The number of methoxy groups -OCH3 is 1. The molecule has 4 amide bonds. The Hall–Kier alpha value is -4.64. The van der Waals surface area contributed by atoms with Crippen molar-refractivity contribution in [3.8, 4) is 11.6 Å². The third kappa shape index (κ3) is 11.6. The van der Waals surface area contributed by atoms with Crippen LogP contribution in [-0.2, 0) is 33.9 Å². The summed E-state index contributed by atoms with van der Waals surface area (Å²) in [5.74, 6) is -0.972. The largest absolute Gasteiger partial charge is 0.497 e. The lowest BCUT2D eigenvalue weighted by atomic mass is 9.88. The van der Waals surface area contributed by atoms with E-state index in [2.05, 4.69) is 27.2 Å². The Bertz CT molecular complexity index is 2150. The summed E-state index contributed by atoms with van der Waals surface area (Å²) >= 11 is 0. The third-order valence-corrected chi connectivity index (χ3v) is 14.7. The van der Waals surface area contributed by atoms with Crippen LogP contribution in [0.2, 0.25) is 0 Å². The number of fused-ring (bicyclic) bond motifs is 3. The van der Waals surface area contributed by atoms with Gasteiger partial charge in [-0.2, -0.15) is 4.98 Å². The van der Waals surface area contributed by atoms with E-state index in [1.54, 1.807) is 34.8 Å². The van der Waals surface area contributed by atoms with Crippen molar-refractivity contribution in [2.45, 2.75) is 148 Å². The molecule has 3 aliphatic heterocycles. The molecule has 7 atom stereocenters. The van der Waals surface area contributed by atoms with Crippen LogP contribution >= 0.6 is 0 Å². The van der Waals surface area contributed by atoms with Crippen LogP contribution < -0.4 is 29.7 Å². The summed E-state index contributed by atoms with van der Waals surface area (Å²) in [5, 5.41) is 7.29. The lowest BCUT2D eigenvalue weighted by Crippen LogP contribution is -2.59. The number of ether oxygens (including phenoxy) is 4. The molecule has 7 rings (SSSR count). The van der Waals surface area contributed by atoms with E-state index >= 15 is 0 Å². The predicted molar refractivity (Wildman–Crippen MR) is 253 cm³/mol. The molecule has 0 radical (unpaired) electrons. The van der Waals surface area contributed by atoms with Crippen molar-refractivity contribution in [2.24, 2.45) is 17.8 Å². The van der Waals surface area contributed by atoms with Gasteiger partial charge in [0.25, 0.3) is 5.91 Å². The van der Waals surface area contributed by atoms with Crippen molar-refractivity contribution < 1.29 is 50.8 Å². The number of benzene rings is 1. The predicted octanol–water partition coefficient (Wildman–Crippen LogP) is 7.00. The fourth-order valence-corrected chi connectivity index (χ4v) is 9.86. The first-order chi connectivity index (χ1) is 30.3. The number of pyridine rings is 1. The molecule has 0 bridgehead atoms. The van der Waals surface area contributed by atoms with Crippen molar-refractivity contribution in [2.75, 3.05) is 44.9 Å². The first-order valence-electron chi connectivity index (χ1n) is 23.1. The highest BCUT2D eigenvalue weighted by Crippen LogP contribution is 2.48. The molecule has 64 heavy (non-hydrogen) atoms. The minimum absolute atomic E-state index is 0. The monoisotopic (exact) mass is 919 g/mol. The van der Waals surface area contributed by atoms with Crippen LogP contribution in [0.4, 0.5) is 10.6 Å². The molecule has 1 aromatic carbocycles. The van der Waals surface area contributed by atoms with E-state index in [-0.39, 0.29) is 35.5 Å². The van der Waals surface area contributed by atoms with Gasteiger partial charge < -0.3 is 39.4 Å². The fraction of sp³-hybridized carbons (Fsp3) is 0.681. The molecule has 362 valence electrons. The van der Waals surface area contributed by atoms with Crippen molar-refractivity contribution >= 4 is 50.4 Å². The minimum atomic E-state index is -4.02. The number of allylic oxidation sites excluding steroid dienone is 1. The topological polar surface area (TPSA) is 195 Å². The van der Waals surface area contributed by atoms with Crippen LogP contribution in [0, 0.1) is 17.8 Å². The molecule has 0 spiro atoms. The Morgan fingerprint density at radius 1 is 1.03 bits per heavy atom. The molecule has 2 aliphatic carbocycles. The van der Waals surface area contributed by atoms with Crippen LogP contribution in [0.5, 0.6) is 11.6 Å². The van der Waals surface area contributed by atoms with Crippen LogP contribution in [0.3, 0.4) is 0 Å². The maximum absolute atomic E-state index is 15.0. The van der Waals surface area contributed by atoms with E-state index in [1.807, 2.05) is 71.0 Å². The van der Waals surface area contributed by atoms with Crippen molar-refractivity contribution in [3.63, 3.8) is 0 Å². The number of alkyl carbamates (subject to hydrolysis) is 1. The van der Waals surface area contributed by atoms with Gasteiger partial charge >= 0.3 is 6.09 Å². The standard InChI is InChI=1S/C43H60N6O10S.2C2H6.3H2/c1-26-10-8-9-11-29-24-43(29,39(52)47-60(54,55)42(6)14-15-42)46-36(50)33-23-31(25-49(33)38(51)35(27(2)20-26)45-40(53)59-41(3,4)5)58-37-32-13-12-30(56-7)21-28(32)22-34(44-37)48-16-18-57-19-17-48;2*1-2;;;/h9,11-13,21-22,26-27,29,31,33,35H,8,10,14-20,23-25H2,1-7H3,(H,45,53)(H,46,50)(H,47,52);2*1-2H3;3*1H/b11-9-;;;;;/t26-,27+,29+,31+,33-,35-,43+;;;;;/m0...../s1. The quantitative estimate of drug-likeness (QED) is 0.230. The molecular weight excluding hydrogens is 841 g/mol. The Balaban J connectivity index is 0.00000214. The van der Waals surface area contributed by atoms with E-state index in [1.165, 1.54) is 4.90 Å². The molecule has 4 heterocycles. The summed E-state index contributed by atoms with van der Waals surface area (Å²) in [5.41, 5.74) is -2.38. The molecule has 5 aliphatic rings. The molecular formula is C47H78N6O10S. The lowest BCUT2D eigenvalue weighted by molar-refractivity contribution is -0.142. The van der Waals surface area contributed by atoms with Crippen molar-refractivity contribution in [3.05, 3.63) is 36.4 Å². The van der Waals surface area contributed by atoms with Crippen molar-refractivity contribution in [1.29, 1.82) is 0 Å². The molecule has 16 nitrogen and oxygen atoms in total. The minimum Gasteiger partial charge on any atom is -0.497 e. The molecule has 4 fully saturated rings. The number of amides is 4. The summed E-state index contributed by atoms with van der Waals surface area (Å²) in [7, 11) is -2.42. The second-order valence-electron chi connectivity index (χ2n) is 18.6. The second-order valence-corrected chi connectivity index (χ2v) is 20.8.